The second-order valence-electron chi connectivity index (χ2n) is 6.69. The third-order valence-electron chi connectivity index (χ3n) is 4.68. The van der Waals surface area contributed by atoms with Crippen molar-refractivity contribution in [3.63, 3.8) is 0 Å². The van der Waals surface area contributed by atoms with Crippen LogP contribution >= 0.6 is 38.9 Å². The van der Waals surface area contributed by atoms with Crippen molar-refractivity contribution in [3.05, 3.63) is 98.5 Å². The Kier molecular flexibility index (Phi) is 8.55. The summed E-state index contributed by atoms with van der Waals surface area (Å²) in [5.41, 5.74) is 3.52. The Hall–Kier alpha value is -1.67. The van der Waals surface area contributed by atoms with E-state index in [-0.39, 0.29) is 41.7 Å². The van der Waals surface area contributed by atoms with Gasteiger partial charge < -0.3 is 14.6 Å². The first-order chi connectivity index (χ1) is 14.9. The summed E-state index contributed by atoms with van der Waals surface area (Å²) in [4.78, 5) is 12.0. The third kappa shape index (κ3) is 5.63. The van der Waals surface area contributed by atoms with Crippen molar-refractivity contribution in [2.75, 3.05) is 0 Å². The van der Waals surface area contributed by atoms with Crippen molar-refractivity contribution >= 4 is 44.8 Å². The fourth-order valence-corrected chi connectivity index (χ4v) is 4.64. The number of benzene rings is 3. The summed E-state index contributed by atoms with van der Waals surface area (Å²) in [6.45, 7) is 0.188. The van der Waals surface area contributed by atoms with Gasteiger partial charge in [-0.05, 0) is 52.9 Å². The van der Waals surface area contributed by atoms with Gasteiger partial charge in [-0.15, -0.1) is 11.3 Å². The number of thiophene rings is 1. The monoisotopic (exact) mass is 538 g/mol. The number of halogens is 3. The molecule has 0 atom stereocenters. The molecule has 0 aliphatic heterocycles. The van der Waals surface area contributed by atoms with Crippen LogP contribution in [-0.4, -0.2) is 5.97 Å². The van der Waals surface area contributed by atoms with Crippen molar-refractivity contribution in [1.29, 1.82) is 0 Å². The number of carboxylic acids is 1. The van der Waals surface area contributed by atoms with Crippen LogP contribution in [0.4, 0.5) is 4.39 Å². The zero-order valence-corrected chi connectivity index (χ0v) is 22.1. The molecule has 156 valence electrons. The second-order valence-corrected chi connectivity index (χ2v) is 8.93. The van der Waals surface area contributed by atoms with Crippen LogP contribution < -0.4 is 39.4 Å². The van der Waals surface area contributed by atoms with E-state index in [1.165, 1.54) is 24.3 Å². The van der Waals surface area contributed by atoms with Crippen molar-refractivity contribution < 1.29 is 48.6 Å². The summed E-state index contributed by atoms with van der Waals surface area (Å²) in [5.74, 6) is -0.958. The van der Waals surface area contributed by atoms with Gasteiger partial charge in [-0.3, -0.25) is 0 Å². The fourth-order valence-electron chi connectivity index (χ4n) is 3.14. The van der Waals surface area contributed by atoms with Crippen molar-refractivity contribution in [3.8, 4) is 27.3 Å². The van der Waals surface area contributed by atoms with Gasteiger partial charge in [-0.25, -0.2) is 4.39 Å². The summed E-state index contributed by atoms with van der Waals surface area (Å²) in [7, 11) is 0. The molecule has 3 nitrogen and oxygen atoms in total. The minimum Gasteiger partial charge on any atom is -0.545 e. The summed E-state index contributed by atoms with van der Waals surface area (Å²) in [5, 5.41) is 13.3. The fraction of sp³-hybridized carbons (Fsp3) is 0.0417. The van der Waals surface area contributed by atoms with E-state index < -0.39 is 11.8 Å². The van der Waals surface area contributed by atoms with Crippen LogP contribution in [0.15, 0.2) is 76.6 Å². The molecule has 0 spiro atoms. The van der Waals surface area contributed by atoms with Crippen LogP contribution in [0.5, 0.6) is 5.75 Å². The largest absolute Gasteiger partial charge is 1.00 e. The number of carbonyl (C=O) groups excluding carboxylic acids is 1. The second kappa shape index (κ2) is 11.0. The number of ether oxygens (including phenoxy) is 1. The van der Waals surface area contributed by atoms with Gasteiger partial charge in [0.1, 0.15) is 18.2 Å². The van der Waals surface area contributed by atoms with Gasteiger partial charge in [0.15, 0.2) is 0 Å². The van der Waals surface area contributed by atoms with Gasteiger partial charge in [-0.1, -0.05) is 57.9 Å². The molecule has 0 saturated carbocycles. The predicted octanol–water partition coefficient (Wildman–Crippen LogP) is 3.58. The van der Waals surface area contributed by atoms with Crippen LogP contribution in [0, 0.1) is 5.82 Å². The molecule has 0 amide bonds. The Morgan fingerprint density at radius 2 is 1.78 bits per heavy atom. The molecule has 4 rings (SSSR count). The summed E-state index contributed by atoms with van der Waals surface area (Å²) in [6.07, 6.45) is 0. The maximum Gasteiger partial charge on any atom is 1.00 e. The van der Waals surface area contributed by atoms with Crippen molar-refractivity contribution in [2.24, 2.45) is 0 Å². The predicted molar refractivity (Wildman–Crippen MR) is 123 cm³/mol. The van der Waals surface area contributed by atoms with Gasteiger partial charge in [0.2, 0.25) is 0 Å². The zero-order chi connectivity index (χ0) is 22.0. The van der Waals surface area contributed by atoms with E-state index in [1.54, 1.807) is 29.5 Å². The molecule has 0 saturated heterocycles. The van der Waals surface area contributed by atoms with Crippen LogP contribution in [0.25, 0.3) is 21.6 Å². The molecule has 0 aliphatic carbocycles. The van der Waals surface area contributed by atoms with Crippen LogP contribution in [0.3, 0.4) is 0 Å². The molecule has 0 radical (unpaired) electrons. The minimum atomic E-state index is -1.21. The van der Waals surface area contributed by atoms with Gasteiger partial charge in [0, 0.05) is 26.0 Å². The Morgan fingerprint density at radius 1 is 1.03 bits per heavy atom. The van der Waals surface area contributed by atoms with E-state index in [1.807, 2.05) is 29.6 Å². The average molecular weight is 540 g/mol. The van der Waals surface area contributed by atoms with E-state index in [0.717, 1.165) is 26.0 Å². The molecular formula is C24H14BrClFNaO3S. The first-order valence-electron chi connectivity index (χ1n) is 9.18. The minimum absolute atomic E-state index is 0. The first-order valence-corrected chi connectivity index (χ1v) is 11.2. The van der Waals surface area contributed by atoms with E-state index in [4.69, 9.17) is 16.3 Å². The Labute approximate surface area is 224 Å². The maximum atomic E-state index is 13.3. The molecule has 8 heteroatoms. The number of aromatic carboxylic acids is 1. The quantitative estimate of drug-likeness (QED) is 0.352. The average Bonchev–Trinajstić information content (AvgIpc) is 3.23. The Bertz CT molecular complexity index is 1260. The number of rotatable bonds is 6. The molecular weight excluding hydrogens is 526 g/mol. The molecule has 1 aromatic heterocycles. The van der Waals surface area contributed by atoms with Gasteiger partial charge in [0.05, 0.1) is 11.0 Å². The Morgan fingerprint density at radius 3 is 2.47 bits per heavy atom. The van der Waals surface area contributed by atoms with E-state index >= 15 is 0 Å². The van der Waals surface area contributed by atoms with E-state index in [9.17, 15) is 14.3 Å². The summed E-state index contributed by atoms with van der Waals surface area (Å²) < 4.78 is 20.3. The van der Waals surface area contributed by atoms with Crippen LogP contribution in [-0.2, 0) is 6.61 Å². The zero-order valence-electron chi connectivity index (χ0n) is 16.9. The number of carboxylic acid groups (broad SMARTS) is 1. The molecule has 1 heterocycles. The number of carbonyl (C=O) groups is 1. The van der Waals surface area contributed by atoms with Gasteiger partial charge >= 0.3 is 29.6 Å². The van der Waals surface area contributed by atoms with Gasteiger partial charge in [-0.2, -0.15) is 0 Å². The third-order valence-corrected chi connectivity index (χ3v) is 6.49. The number of hydrogen-bond acceptors (Lipinski definition) is 4. The number of hydrogen-bond donors (Lipinski definition) is 0. The molecule has 0 N–H and O–H groups in total. The standard InChI is InChI=1S/C24H15BrClFO3S.Na/c25-17-6-8-22(30-13-16-5-7-18(27)12-21(16)26)20(11-17)19-9-10-31-23(19)14-1-3-15(4-2-14)24(28)29;/h1-12H,13H2,(H,28,29);/q;+1/p-1. The van der Waals surface area contributed by atoms with Crippen molar-refractivity contribution in [2.45, 2.75) is 6.61 Å². The van der Waals surface area contributed by atoms with Gasteiger partial charge in [0.25, 0.3) is 0 Å². The molecule has 0 fully saturated rings. The molecule has 4 aromatic rings. The normalized spacial score (nSPS) is 10.5. The maximum absolute atomic E-state index is 13.3. The SMILES string of the molecule is O=C([O-])c1ccc(-c2sccc2-c2cc(Br)ccc2OCc2ccc(F)cc2Cl)cc1.[Na+]. The summed E-state index contributed by atoms with van der Waals surface area (Å²) in [6, 6.07) is 18.5. The van der Waals surface area contributed by atoms with Crippen LogP contribution in [0.2, 0.25) is 5.02 Å². The molecule has 0 bridgehead atoms. The van der Waals surface area contributed by atoms with Crippen molar-refractivity contribution in [1.82, 2.24) is 0 Å². The topological polar surface area (TPSA) is 49.4 Å². The molecule has 3 aromatic carbocycles. The smallest absolute Gasteiger partial charge is 0.545 e. The Balaban J connectivity index is 0.00000289. The van der Waals surface area contributed by atoms with E-state index in [0.29, 0.717) is 16.3 Å². The molecule has 0 aliphatic rings. The van der Waals surface area contributed by atoms with Crippen LogP contribution in [0.1, 0.15) is 15.9 Å². The first kappa shape index (κ1) is 25.0. The summed E-state index contributed by atoms with van der Waals surface area (Å²) >= 11 is 11.2. The molecule has 0 unspecified atom stereocenters. The van der Waals surface area contributed by atoms with E-state index in [2.05, 4.69) is 15.9 Å². The molecule has 32 heavy (non-hydrogen) atoms.